The molecular formula is C22H22N4O5. The molecule has 9 heteroatoms. The number of pyridine rings is 1. The zero-order valence-corrected chi connectivity index (χ0v) is 17.4. The van der Waals surface area contributed by atoms with Crippen LogP contribution in [0.3, 0.4) is 0 Å². The highest BCUT2D eigenvalue weighted by Gasteiger charge is 2.51. The Hall–Kier alpha value is -3.72. The molecule has 0 radical (unpaired) electrons. The van der Waals surface area contributed by atoms with Crippen LogP contribution >= 0.6 is 0 Å². The first kappa shape index (κ1) is 20.5. The van der Waals surface area contributed by atoms with Crippen LogP contribution in [0.4, 0.5) is 4.79 Å². The molecule has 0 bridgehead atoms. The minimum atomic E-state index is -1.42. The monoisotopic (exact) mass is 422 g/mol. The van der Waals surface area contributed by atoms with Crippen molar-refractivity contribution < 1.29 is 23.5 Å². The zero-order valence-electron chi connectivity index (χ0n) is 17.4. The average molecular weight is 422 g/mol. The first-order valence-electron chi connectivity index (χ1n) is 9.66. The largest absolute Gasteiger partial charge is 0.497 e. The van der Waals surface area contributed by atoms with Crippen molar-refractivity contribution in [2.75, 3.05) is 20.7 Å². The number of furan rings is 1. The van der Waals surface area contributed by atoms with Gasteiger partial charge in [-0.05, 0) is 43.8 Å². The molecule has 160 valence electrons. The van der Waals surface area contributed by atoms with Crippen molar-refractivity contribution in [3.05, 3.63) is 59.0 Å². The Morgan fingerprint density at radius 1 is 1.23 bits per heavy atom. The van der Waals surface area contributed by atoms with Gasteiger partial charge in [0.1, 0.15) is 17.0 Å². The third-order valence-electron chi connectivity index (χ3n) is 5.30. The van der Waals surface area contributed by atoms with Crippen LogP contribution in [0, 0.1) is 6.92 Å². The van der Waals surface area contributed by atoms with Crippen LogP contribution in [0.25, 0.3) is 11.1 Å². The van der Waals surface area contributed by atoms with Crippen molar-refractivity contribution in [2.45, 2.75) is 19.0 Å². The maximum atomic E-state index is 12.9. The molecule has 1 saturated heterocycles. The highest BCUT2D eigenvalue weighted by Crippen LogP contribution is 2.31. The molecule has 9 nitrogen and oxygen atoms in total. The average Bonchev–Trinajstić information content (AvgIpc) is 3.28. The van der Waals surface area contributed by atoms with E-state index in [4.69, 9.17) is 9.15 Å². The lowest BCUT2D eigenvalue weighted by Gasteiger charge is -2.29. The summed E-state index contributed by atoms with van der Waals surface area (Å²) in [6, 6.07) is 9.89. The van der Waals surface area contributed by atoms with Crippen molar-refractivity contribution in [3.63, 3.8) is 0 Å². The molecule has 4 rings (SSSR count). The summed E-state index contributed by atoms with van der Waals surface area (Å²) in [4.78, 5) is 42.7. The Bertz CT molecular complexity index is 1190. The number of imide groups is 1. The fraction of sp³-hybridized carbons (Fsp3) is 0.273. The zero-order chi connectivity index (χ0) is 22.2. The molecule has 1 atom stereocenters. The fourth-order valence-electron chi connectivity index (χ4n) is 3.80. The van der Waals surface area contributed by atoms with E-state index in [0.717, 1.165) is 17.5 Å². The number of aldehydes is 1. The maximum absolute atomic E-state index is 12.9. The van der Waals surface area contributed by atoms with Crippen molar-refractivity contribution in [3.8, 4) is 5.75 Å². The molecule has 3 amide bonds. The van der Waals surface area contributed by atoms with Crippen LogP contribution in [0.2, 0.25) is 0 Å². The number of amides is 3. The fourth-order valence-corrected chi connectivity index (χ4v) is 3.80. The van der Waals surface area contributed by atoms with Gasteiger partial charge in [-0.2, -0.15) is 0 Å². The van der Waals surface area contributed by atoms with Gasteiger partial charge in [0, 0.05) is 30.4 Å². The van der Waals surface area contributed by atoms with Gasteiger partial charge in [0.15, 0.2) is 17.4 Å². The second-order valence-corrected chi connectivity index (χ2v) is 7.62. The van der Waals surface area contributed by atoms with Gasteiger partial charge in [-0.1, -0.05) is 6.07 Å². The van der Waals surface area contributed by atoms with Crippen LogP contribution in [0.15, 0.2) is 40.8 Å². The van der Waals surface area contributed by atoms with Gasteiger partial charge in [0.2, 0.25) is 0 Å². The molecular weight excluding hydrogens is 400 g/mol. The van der Waals surface area contributed by atoms with E-state index in [0.29, 0.717) is 34.7 Å². The lowest BCUT2D eigenvalue weighted by molar-refractivity contribution is -0.125. The first-order chi connectivity index (χ1) is 14.8. The number of hydrogen-bond acceptors (Lipinski definition) is 7. The summed E-state index contributed by atoms with van der Waals surface area (Å²) >= 11 is 0. The highest BCUT2D eigenvalue weighted by atomic mass is 16.5. The van der Waals surface area contributed by atoms with E-state index in [1.54, 1.807) is 37.4 Å². The number of hydrogen-bond donors (Lipinski definition) is 2. The second-order valence-electron chi connectivity index (χ2n) is 7.62. The number of carbonyl (C=O) groups excluding carboxylic acids is 3. The molecule has 0 unspecified atom stereocenters. The number of rotatable bonds is 7. The standard InChI is InChI=1S/C22H22N4O5/c1-13-4-7-18-17(23-13)9-19(31-18)22(20(28)24-21(29)25-22)12-26(2)10-14-5-6-16(30-3)8-15(14)11-27/h4-9,11H,10,12H2,1-3H3,(H2,24,25,28,29)/t22-/m0/s1. The van der Waals surface area contributed by atoms with Crippen LogP contribution in [0.1, 0.15) is 27.4 Å². The Morgan fingerprint density at radius 2 is 2.03 bits per heavy atom. The van der Waals surface area contributed by atoms with Gasteiger partial charge in [-0.3, -0.25) is 19.8 Å². The quantitative estimate of drug-likeness (QED) is 0.443. The van der Waals surface area contributed by atoms with Crippen molar-refractivity contribution in [1.82, 2.24) is 20.5 Å². The molecule has 1 aliphatic rings. The van der Waals surface area contributed by atoms with Crippen LogP contribution in [-0.4, -0.2) is 48.8 Å². The third kappa shape index (κ3) is 3.75. The van der Waals surface area contributed by atoms with E-state index in [1.165, 1.54) is 7.11 Å². The predicted octanol–water partition coefficient (Wildman–Crippen LogP) is 2.12. The predicted molar refractivity (Wildman–Crippen MR) is 112 cm³/mol. The molecule has 3 aromatic rings. The number of ether oxygens (including phenoxy) is 1. The Kier molecular flexibility index (Phi) is 5.20. The number of urea groups is 1. The SMILES string of the molecule is COc1ccc(CN(C)C[C@@]2(c3cc4nc(C)ccc4o3)NC(=O)NC2=O)c(C=O)c1. The normalized spacial score (nSPS) is 18.3. The molecule has 0 aliphatic carbocycles. The molecule has 31 heavy (non-hydrogen) atoms. The topological polar surface area (TPSA) is 114 Å². The number of likely N-dealkylation sites (N-methyl/N-ethyl adjacent to an activating group) is 1. The number of aromatic nitrogens is 1. The van der Waals surface area contributed by atoms with Gasteiger partial charge in [-0.25, -0.2) is 9.78 Å². The summed E-state index contributed by atoms with van der Waals surface area (Å²) in [7, 11) is 3.33. The summed E-state index contributed by atoms with van der Waals surface area (Å²) in [6.07, 6.45) is 0.763. The summed E-state index contributed by atoms with van der Waals surface area (Å²) in [6.45, 7) is 2.34. The van der Waals surface area contributed by atoms with Gasteiger partial charge >= 0.3 is 6.03 Å². The Morgan fingerprint density at radius 3 is 2.71 bits per heavy atom. The number of carbonyl (C=O) groups is 3. The molecule has 0 saturated carbocycles. The van der Waals surface area contributed by atoms with Crippen molar-refractivity contribution >= 4 is 29.3 Å². The van der Waals surface area contributed by atoms with Crippen LogP contribution in [0.5, 0.6) is 5.75 Å². The van der Waals surface area contributed by atoms with E-state index in [2.05, 4.69) is 15.6 Å². The van der Waals surface area contributed by atoms with E-state index in [-0.39, 0.29) is 6.54 Å². The summed E-state index contributed by atoms with van der Waals surface area (Å²) in [5.41, 5.74) is 1.77. The van der Waals surface area contributed by atoms with Gasteiger partial charge < -0.3 is 14.5 Å². The molecule has 1 fully saturated rings. The van der Waals surface area contributed by atoms with Gasteiger partial charge in [0.05, 0.1) is 7.11 Å². The number of methoxy groups -OCH3 is 1. The van der Waals surface area contributed by atoms with Crippen LogP contribution < -0.4 is 15.4 Å². The lowest BCUT2D eigenvalue weighted by Crippen LogP contribution is -2.51. The number of benzene rings is 1. The van der Waals surface area contributed by atoms with E-state index < -0.39 is 17.5 Å². The molecule has 2 N–H and O–H groups in total. The summed E-state index contributed by atoms with van der Waals surface area (Å²) in [5.74, 6) is 0.365. The van der Waals surface area contributed by atoms with E-state index in [1.807, 2.05) is 17.9 Å². The molecule has 2 aromatic heterocycles. The van der Waals surface area contributed by atoms with Gasteiger partial charge in [0.25, 0.3) is 5.91 Å². The maximum Gasteiger partial charge on any atom is 0.322 e. The van der Waals surface area contributed by atoms with Gasteiger partial charge in [-0.15, -0.1) is 0 Å². The Balaban J connectivity index is 1.67. The number of nitrogens with zero attached hydrogens (tertiary/aromatic N) is 2. The first-order valence-corrected chi connectivity index (χ1v) is 9.66. The highest BCUT2D eigenvalue weighted by molar-refractivity contribution is 6.07. The number of fused-ring (bicyclic) bond motifs is 1. The molecule has 1 aromatic carbocycles. The lowest BCUT2D eigenvalue weighted by atomic mass is 9.95. The van der Waals surface area contributed by atoms with Crippen molar-refractivity contribution in [2.24, 2.45) is 0 Å². The van der Waals surface area contributed by atoms with E-state index in [9.17, 15) is 14.4 Å². The van der Waals surface area contributed by atoms with Crippen LogP contribution in [-0.2, 0) is 16.9 Å². The Labute approximate surface area is 178 Å². The third-order valence-corrected chi connectivity index (χ3v) is 5.30. The molecule has 3 heterocycles. The number of nitrogens with one attached hydrogen (secondary N) is 2. The van der Waals surface area contributed by atoms with Crippen molar-refractivity contribution in [1.29, 1.82) is 0 Å². The van der Waals surface area contributed by atoms with E-state index >= 15 is 0 Å². The smallest absolute Gasteiger partial charge is 0.322 e. The second kappa shape index (κ2) is 7.84. The summed E-state index contributed by atoms with van der Waals surface area (Å²) in [5, 5.41) is 5.02. The minimum absolute atomic E-state index is 0.119. The minimum Gasteiger partial charge on any atom is -0.497 e. The number of aryl methyl sites for hydroxylation is 1. The molecule has 1 aliphatic heterocycles. The molecule has 0 spiro atoms. The summed E-state index contributed by atoms with van der Waals surface area (Å²) < 4.78 is 11.1.